The van der Waals surface area contributed by atoms with E-state index < -0.39 is 37.7 Å². The molecule has 2 aliphatic heterocycles. The molecule has 2 amide bonds. The molecule has 11 heteroatoms. The van der Waals surface area contributed by atoms with E-state index >= 15 is 0 Å². The van der Waals surface area contributed by atoms with Gasteiger partial charge in [0.1, 0.15) is 0 Å². The SMILES string of the molecule is CCN(CC(=O)N[C@@H]1CCS(=O)(=O)C1)C(=O)c1cccc(S(=O)(=O)N2CCCC2)c1. The Morgan fingerprint density at radius 3 is 2.53 bits per heavy atom. The van der Waals surface area contributed by atoms with Crippen LogP contribution in [0.15, 0.2) is 29.2 Å². The number of nitrogens with one attached hydrogen (secondary N) is 1. The number of benzene rings is 1. The predicted octanol–water partition coefficient (Wildman–Crippen LogP) is 0.237. The zero-order valence-corrected chi connectivity index (χ0v) is 18.5. The maximum absolute atomic E-state index is 12.9. The molecule has 1 aromatic rings. The van der Waals surface area contributed by atoms with Gasteiger partial charge in [-0.05, 0) is 44.4 Å². The third-order valence-electron chi connectivity index (χ3n) is 5.38. The van der Waals surface area contributed by atoms with Gasteiger partial charge in [-0.1, -0.05) is 6.07 Å². The average Bonchev–Trinajstić information content (AvgIpc) is 3.36. The monoisotopic (exact) mass is 457 g/mol. The summed E-state index contributed by atoms with van der Waals surface area (Å²) in [6.07, 6.45) is 2.00. The summed E-state index contributed by atoms with van der Waals surface area (Å²) >= 11 is 0. The standard InChI is InChI=1S/C19H27N3O6S2/c1-2-21(13-18(23)20-16-8-11-29(25,26)14-16)19(24)15-6-5-7-17(12-15)30(27,28)22-9-3-4-10-22/h5-7,12,16H,2-4,8-11,13-14H2,1H3,(H,20,23)/t16-/m1/s1. The largest absolute Gasteiger partial charge is 0.351 e. The van der Waals surface area contributed by atoms with Crippen LogP contribution in [-0.4, -0.2) is 81.6 Å². The third-order valence-corrected chi connectivity index (χ3v) is 9.05. The van der Waals surface area contributed by atoms with E-state index in [1.54, 1.807) is 6.92 Å². The molecule has 0 aromatic heterocycles. The van der Waals surface area contributed by atoms with E-state index in [4.69, 9.17) is 0 Å². The Balaban J connectivity index is 1.69. The Morgan fingerprint density at radius 1 is 1.23 bits per heavy atom. The van der Waals surface area contributed by atoms with Gasteiger partial charge < -0.3 is 10.2 Å². The molecular formula is C19H27N3O6S2. The number of likely N-dealkylation sites (N-methyl/N-ethyl adjacent to an activating group) is 1. The van der Waals surface area contributed by atoms with Crippen molar-refractivity contribution in [3.63, 3.8) is 0 Å². The Bertz CT molecular complexity index is 1020. The zero-order valence-electron chi connectivity index (χ0n) is 16.9. The average molecular weight is 458 g/mol. The molecule has 0 unspecified atom stereocenters. The van der Waals surface area contributed by atoms with Crippen molar-refractivity contribution in [1.29, 1.82) is 0 Å². The maximum Gasteiger partial charge on any atom is 0.254 e. The summed E-state index contributed by atoms with van der Waals surface area (Å²) < 4.78 is 50.0. The van der Waals surface area contributed by atoms with Crippen molar-refractivity contribution in [1.82, 2.24) is 14.5 Å². The molecule has 166 valence electrons. The molecule has 0 spiro atoms. The number of hydrogen-bond acceptors (Lipinski definition) is 6. The highest BCUT2D eigenvalue weighted by Gasteiger charge is 2.30. The molecule has 30 heavy (non-hydrogen) atoms. The number of nitrogens with zero attached hydrogens (tertiary/aromatic N) is 2. The highest BCUT2D eigenvalue weighted by Crippen LogP contribution is 2.22. The van der Waals surface area contributed by atoms with Gasteiger partial charge in [0.25, 0.3) is 5.91 Å². The van der Waals surface area contributed by atoms with Gasteiger partial charge in [-0.3, -0.25) is 9.59 Å². The molecule has 1 atom stereocenters. The molecule has 2 saturated heterocycles. The normalized spacial score (nSPS) is 21.4. The minimum atomic E-state index is -3.65. The highest BCUT2D eigenvalue weighted by atomic mass is 32.2. The number of carbonyl (C=O) groups is 2. The van der Waals surface area contributed by atoms with E-state index in [-0.39, 0.29) is 35.1 Å². The smallest absolute Gasteiger partial charge is 0.254 e. The van der Waals surface area contributed by atoms with E-state index in [1.165, 1.54) is 33.5 Å². The van der Waals surface area contributed by atoms with Gasteiger partial charge >= 0.3 is 0 Å². The van der Waals surface area contributed by atoms with Gasteiger partial charge in [-0.15, -0.1) is 0 Å². The van der Waals surface area contributed by atoms with Crippen LogP contribution < -0.4 is 5.32 Å². The van der Waals surface area contributed by atoms with E-state index in [0.29, 0.717) is 19.5 Å². The molecule has 3 rings (SSSR count). The summed E-state index contributed by atoms with van der Waals surface area (Å²) in [7, 11) is -6.77. The predicted molar refractivity (Wildman–Crippen MR) is 111 cm³/mol. The lowest BCUT2D eigenvalue weighted by Gasteiger charge is -2.22. The topological polar surface area (TPSA) is 121 Å². The molecule has 2 heterocycles. The first-order valence-corrected chi connectivity index (χ1v) is 13.3. The summed E-state index contributed by atoms with van der Waals surface area (Å²) in [6.45, 7) is 2.68. The fourth-order valence-corrected chi connectivity index (χ4v) is 6.97. The molecule has 0 radical (unpaired) electrons. The molecular weight excluding hydrogens is 430 g/mol. The summed E-state index contributed by atoms with van der Waals surface area (Å²) in [6, 6.07) is 5.42. The van der Waals surface area contributed by atoms with Crippen LogP contribution in [0.2, 0.25) is 0 Å². The van der Waals surface area contributed by atoms with E-state index in [9.17, 15) is 26.4 Å². The van der Waals surface area contributed by atoms with Gasteiger partial charge in [-0.25, -0.2) is 16.8 Å². The highest BCUT2D eigenvalue weighted by molar-refractivity contribution is 7.91. The molecule has 1 aromatic carbocycles. The van der Waals surface area contributed by atoms with Crippen LogP contribution in [0.5, 0.6) is 0 Å². The minimum Gasteiger partial charge on any atom is -0.351 e. The van der Waals surface area contributed by atoms with Crippen molar-refractivity contribution in [3.8, 4) is 0 Å². The van der Waals surface area contributed by atoms with E-state index in [2.05, 4.69) is 5.32 Å². The summed E-state index contributed by atoms with van der Waals surface area (Å²) in [4.78, 5) is 26.6. The fraction of sp³-hybridized carbons (Fsp3) is 0.579. The number of sulfonamides is 1. The maximum atomic E-state index is 12.9. The Hall–Kier alpha value is -1.98. The zero-order chi connectivity index (χ0) is 21.9. The van der Waals surface area contributed by atoms with Crippen LogP contribution in [0.1, 0.15) is 36.5 Å². The Kier molecular flexibility index (Phi) is 6.83. The van der Waals surface area contributed by atoms with Crippen LogP contribution >= 0.6 is 0 Å². The Morgan fingerprint density at radius 2 is 1.93 bits per heavy atom. The van der Waals surface area contributed by atoms with Crippen LogP contribution in [0.4, 0.5) is 0 Å². The van der Waals surface area contributed by atoms with Gasteiger partial charge in [-0.2, -0.15) is 4.31 Å². The lowest BCUT2D eigenvalue weighted by molar-refractivity contribution is -0.122. The van der Waals surface area contributed by atoms with Gasteiger partial charge in [0.15, 0.2) is 9.84 Å². The number of rotatable bonds is 7. The summed E-state index contributed by atoms with van der Waals surface area (Å²) in [5.74, 6) is -0.930. The lowest BCUT2D eigenvalue weighted by Crippen LogP contribution is -2.44. The number of carbonyl (C=O) groups excluding carboxylic acids is 2. The first-order chi connectivity index (χ1) is 14.1. The molecule has 2 fully saturated rings. The second-order valence-corrected chi connectivity index (χ2v) is 11.8. The fourth-order valence-electron chi connectivity index (χ4n) is 3.73. The van der Waals surface area contributed by atoms with E-state index in [1.807, 2.05) is 0 Å². The summed E-state index contributed by atoms with van der Waals surface area (Å²) in [5, 5.41) is 2.66. The van der Waals surface area contributed by atoms with Crippen LogP contribution in [-0.2, 0) is 24.7 Å². The van der Waals surface area contributed by atoms with Gasteiger partial charge in [0.05, 0.1) is 22.9 Å². The van der Waals surface area contributed by atoms with Crippen molar-refractivity contribution in [2.75, 3.05) is 37.7 Å². The molecule has 0 saturated carbocycles. The first-order valence-electron chi connectivity index (χ1n) is 10.0. The second-order valence-electron chi connectivity index (χ2n) is 7.63. The first kappa shape index (κ1) is 22.7. The van der Waals surface area contributed by atoms with Crippen molar-refractivity contribution >= 4 is 31.7 Å². The summed E-state index contributed by atoms with van der Waals surface area (Å²) in [5.41, 5.74) is 0.188. The molecule has 0 bridgehead atoms. The lowest BCUT2D eigenvalue weighted by atomic mass is 10.2. The van der Waals surface area contributed by atoms with Crippen LogP contribution in [0.25, 0.3) is 0 Å². The second kappa shape index (κ2) is 9.03. The number of amides is 2. The molecule has 2 aliphatic rings. The van der Waals surface area contributed by atoms with E-state index in [0.717, 1.165) is 12.8 Å². The Labute approximate surface area is 177 Å². The number of hydrogen-bond donors (Lipinski definition) is 1. The van der Waals surface area contributed by atoms with Crippen molar-refractivity contribution in [2.24, 2.45) is 0 Å². The number of sulfone groups is 1. The van der Waals surface area contributed by atoms with Crippen molar-refractivity contribution in [3.05, 3.63) is 29.8 Å². The van der Waals surface area contributed by atoms with Crippen molar-refractivity contribution in [2.45, 2.75) is 37.1 Å². The van der Waals surface area contributed by atoms with Gasteiger partial charge in [0, 0.05) is 31.2 Å². The molecule has 1 N–H and O–H groups in total. The minimum absolute atomic E-state index is 0.0483. The van der Waals surface area contributed by atoms with Gasteiger partial charge in [0.2, 0.25) is 15.9 Å². The molecule has 0 aliphatic carbocycles. The van der Waals surface area contributed by atoms with Crippen LogP contribution in [0.3, 0.4) is 0 Å². The van der Waals surface area contributed by atoms with Crippen molar-refractivity contribution < 1.29 is 26.4 Å². The van der Waals surface area contributed by atoms with Crippen LogP contribution in [0, 0.1) is 0 Å². The quantitative estimate of drug-likeness (QED) is 0.626. The third kappa shape index (κ3) is 5.19. The molecule has 9 nitrogen and oxygen atoms in total.